The topological polar surface area (TPSA) is 133 Å². The minimum Gasteiger partial charge on any atom is -0.493 e. The van der Waals surface area contributed by atoms with Crippen LogP contribution in [0.25, 0.3) is 10.9 Å². The smallest absolute Gasteiger partial charge is 0.270 e. The maximum absolute atomic E-state index is 12.6. The number of methoxy groups -OCH3 is 3. The van der Waals surface area contributed by atoms with E-state index in [1.165, 1.54) is 33.5 Å². The van der Waals surface area contributed by atoms with Crippen LogP contribution in [-0.2, 0) is 9.59 Å². The highest BCUT2D eigenvalue weighted by molar-refractivity contribution is 6.09. The number of non-ortho nitro benzene ring substituents is 1. The molecule has 1 saturated heterocycles. The Labute approximate surface area is 188 Å². The fourth-order valence-electron chi connectivity index (χ4n) is 5.13. The Bertz CT molecular complexity index is 1300. The van der Waals surface area contributed by atoms with Crippen molar-refractivity contribution in [1.29, 1.82) is 0 Å². The molecule has 170 valence electrons. The first-order valence-electron chi connectivity index (χ1n) is 10.3. The molecule has 2 N–H and O–H groups in total. The summed E-state index contributed by atoms with van der Waals surface area (Å²) in [4.78, 5) is 39.5. The van der Waals surface area contributed by atoms with Crippen LogP contribution in [0.2, 0.25) is 0 Å². The van der Waals surface area contributed by atoms with Gasteiger partial charge in [-0.05, 0) is 35.7 Å². The number of rotatable bonds is 5. The summed E-state index contributed by atoms with van der Waals surface area (Å²) >= 11 is 0. The molecule has 33 heavy (non-hydrogen) atoms. The molecule has 1 aliphatic carbocycles. The predicted molar refractivity (Wildman–Crippen MR) is 117 cm³/mol. The van der Waals surface area contributed by atoms with Gasteiger partial charge in [0.05, 0.1) is 38.1 Å². The molecule has 1 aliphatic heterocycles. The summed E-state index contributed by atoms with van der Waals surface area (Å²) in [5.41, 5.74) is 2.75. The van der Waals surface area contributed by atoms with Crippen LogP contribution >= 0.6 is 0 Å². The maximum Gasteiger partial charge on any atom is 0.270 e. The molecule has 0 saturated carbocycles. The summed E-state index contributed by atoms with van der Waals surface area (Å²) in [6.07, 6.45) is 0.351. The number of hydrogen-bond donors (Lipinski definition) is 2. The van der Waals surface area contributed by atoms with Gasteiger partial charge in [0, 0.05) is 34.6 Å². The van der Waals surface area contributed by atoms with E-state index in [2.05, 4.69) is 10.3 Å². The van der Waals surface area contributed by atoms with E-state index in [4.69, 9.17) is 14.2 Å². The fraction of sp³-hybridized carbons (Fsp3) is 0.304. The second-order valence-corrected chi connectivity index (χ2v) is 8.12. The first kappa shape index (κ1) is 20.8. The van der Waals surface area contributed by atoms with Crippen LogP contribution in [0.15, 0.2) is 30.3 Å². The van der Waals surface area contributed by atoms with Gasteiger partial charge in [0.25, 0.3) is 5.69 Å². The van der Waals surface area contributed by atoms with E-state index < -0.39 is 16.8 Å². The molecule has 2 aromatic carbocycles. The number of hydrogen-bond acceptors (Lipinski definition) is 7. The number of nitrogens with one attached hydrogen (secondary N) is 2. The minimum atomic E-state index is -0.669. The average molecular weight is 451 g/mol. The largest absolute Gasteiger partial charge is 0.493 e. The molecule has 0 unspecified atom stereocenters. The van der Waals surface area contributed by atoms with Gasteiger partial charge in [-0.25, -0.2) is 0 Å². The molecule has 2 amide bonds. The summed E-state index contributed by atoms with van der Waals surface area (Å²) in [6.45, 7) is 0. The Balaban J connectivity index is 1.78. The zero-order valence-corrected chi connectivity index (χ0v) is 18.1. The van der Waals surface area contributed by atoms with E-state index >= 15 is 0 Å². The van der Waals surface area contributed by atoms with E-state index in [1.54, 1.807) is 18.2 Å². The van der Waals surface area contributed by atoms with Crippen LogP contribution in [0, 0.1) is 16.0 Å². The highest BCUT2D eigenvalue weighted by Gasteiger charge is 2.50. The lowest BCUT2D eigenvalue weighted by molar-refractivity contribution is -0.384. The molecule has 3 aromatic rings. The Hall–Kier alpha value is -4.08. The van der Waals surface area contributed by atoms with Crippen LogP contribution in [0.4, 0.5) is 5.69 Å². The molecule has 5 rings (SSSR count). The highest BCUT2D eigenvalue weighted by Crippen LogP contribution is 2.52. The standard InChI is InChI=1S/C23H21N3O7/c1-31-16-6-10(7-17(32-2)21(16)33-3)12-9-14-19(23(28)25-22(14)27)20-18(12)13-8-11(26(29)30)4-5-15(13)24-20/h4-8,12,14,19,24H,9H2,1-3H3,(H,25,27,28)/t12-,14-,19-/m1/s1. The number of nitrogens with zero attached hydrogens (tertiary/aromatic N) is 1. The number of aromatic nitrogens is 1. The normalized spacial score (nSPS) is 21.4. The van der Waals surface area contributed by atoms with Gasteiger partial charge in [0.1, 0.15) is 0 Å². The third kappa shape index (κ3) is 3.01. The molecule has 1 fully saturated rings. The van der Waals surface area contributed by atoms with Crippen LogP contribution < -0.4 is 19.5 Å². The molecule has 0 bridgehead atoms. The van der Waals surface area contributed by atoms with Crippen molar-refractivity contribution in [2.75, 3.05) is 21.3 Å². The van der Waals surface area contributed by atoms with Crippen molar-refractivity contribution in [3.63, 3.8) is 0 Å². The van der Waals surface area contributed by atoms with Crippen LogP contribution in [0.3, 0.4) is 0 Å². The molecule has 1 aromatic heterocycles. The summed E-state index contributed by atoms with van der Waals surface area (Å²) in [5.74, 6) is -0.923. The molecular weight excluding hydrogens is 430 g/mol. The summed E-state index contributed by atoms with van der Waals surface area (Å²) in [7, 11) is 4.54. The van der Waals surface area contributed by atoms with Gasteiger partial charge in [-0.3, -0.25) is 25.0 Å². The number of H-pyrrole nitrogens is 1. The Morgan fingerprint density at radius 2 is 1.70 bits per heavy atom. The summed E-state index contributed by atoms with van der Waals surface area (Å²) < 4.78 is 16.4. The SMILES string of the molecule is COc1cc([C@H]2C[C@H]3C(=O)NC(=O)[C@H]3c3[nH]c4ccc([N+](=O)[O-])cc4c32)cc(OC)c1OC. The van der Waals surface area contributed by atoms with Crippen molar-refractivity contribution >= 4 is 28.4 Å². The van der Waals surface area contributed by atoms with E-state index in [0.717, 1.165) is 11.1 Å². The first-order valence-corrected chi connectivity index (χ1v) is 10.3. The van der Waals surface area contributed by atoms with E-state index in [-0.39, 0.29) is 23.4 Å². The number of aromatic amines is 1. The van der Waals surface area contributed by atoms with Crippen LogP contribution in [0.1, 0.15) is 35.1 Å². The monoisotopic (exact) mass is 451 g/mol. The molecule has 2 heterocycles. The van der Waals surface area contributed by atoms with Crippen molar-refractivity contribution in [1.82, 2.24) is 10.3 Å². The maximum atomic E-state index is 12.6. The lowest BCUT2D eigenvalue weighted by atomic mass is 9.71. The number of ether oxygens (including phenoxy) is 3. The van der Waals surface area contributed by atoms with Crippen molar-refractivity contribution in [2.24, 2.45) is 5.92 Å². The molecule has 0 radical (unpaired) electrons. The van der Waals surface area contributed by atoms with Gasteiger partial charge in [-0.15, -0.1) is 0 Å². The van der Waals surface area contributed by atoms with E-state index in [1.807, 2.05) is 0 Å². The van der Waals surface area contributed by atoms with Gasteiger partial charge < -0.3 is 19.2 Å². The lowest BCUT2D eigenvalue weighted by Gasteiger charge is -2.30. The number of nitro groups is 1. The molecule has 2 aliphatic rings. The Morgan fingerprint density at radius 3 is 2.30 bits per heavy atom. The fourth-order valence-corrected chi connectivity index (χ4v) is 5.13. The number of imide groups is 1. The van der Waals surface area contributed by atoms with Crippen molar-refractivity contribution in [2.45, 2.75) is 18.3 Å². The third-order valence-corrected chi connectivity index (χ3v) is 6.57. The highest BCUT2D eigenvalue weighted by atomic mass is 16.6. The van der Waals surface area contributed by atoms with Gasteiger partial charge >= 0.3 is 0 Å². The Morgan fingerprint density at radius 1 is 1.00 bits per heavy atom. The molecule has 3 atom stereocenters. The molecular formula is C23H21N3O7. The van der Waals surface area contributed by atoms with Gasteiger partial charge in [-0.2, -0.15) is 0 Å². The van der Waals surface area contributed by atoms with E-state index in [0.29, 0.717) is 40.3 Å². The van der Waals surface area contributed by atoms with Crippen molar-refractivity contribution in [3.8, 4) is 17.2 Å². The Kier molecular flexibility index (Phi) is 4.73. The summed E-state index contributed by atoms with van der Waals surface area (Å²) in [5, 5.41) is 14.5. The van der Waals surface area contributed by atoms with Crippen molar-refractivity contribution in [3.05, 3.63) is 57.3 Å². The van der Waals surface area contributed by atoms with E-state index in [9.17, 15) is 19.7 Å². The lowest BCUT2D eigenvalue weighted by Crippen LogP contribution is -2.26. The van der Waals surface area contributed by atoms with Gasteiger partial charge in [-0.1, -0.05) is 0 Å². The van der Waals surface area contributed by atoms with Crippen LogP contribution in [0.5, 0.6) is 17.2 Å². The average Bonchev–Trinajstić information content (AvgIpc) is 3.33. The quantitative estimate of drug-likeness (QED) is 0.346. The number of amides is 2. The zero-order chi connectivity index (χ0) is 23.4. The molecule has 10 nitrogen and oxygen atoms in total. The van der Waals surface area contributed by atoms with Crippen molar-refractivity contribution < 1.29 is 28.7 Å². The number of nitro benzene ring substituents is 1. The second-order valence-electron chi connectivity index (χ2n) is 8.12. The van der Waals surface area contributed by atoms with Gasteiger partial charge in [0.15, 0.2) is 11.5 Å². The summed E-state index contributed by atoms with van der Waals surface area (Å²) in [6, 6.07) is 8.16. The number of carbonyl (C=O) groups excluding carboxylic acids is 2. The molecule has 10 heteroatoms. The minimum absolute atomic E-state index is 0.0537. The molecule has 0 spiro atoms. The number of carbonyl (C=O) groups is 2. The predicted octanol–water partition coefficient (Wildman–Crippen LogP) is 2.99. The number of benzene rings is 2. The second kappa shape index (κ2) is 7.51. The first-order chi connectivity index (χ1) is 15.9. The third-order valence-electron chi connectivity index (χ3n) is 6.57. The zero-order valence-electron chi connectivity index (χ0n) is 18.1. The van der Waals surface area contributed by atoms with Crippen LogP contribution in [-0.4, -0.2) is 43.1 Å². The number of fused-ring (bicyclic) bond motifs is 5. The van der Waals surface area contributed by atoms with Gasteiger partial charge in [0.2, 0.25) is 17.6 Å².